The van der Waals surface area contributed by atoms with Gasteiger partial charge in [-0.2, -0.15) is 5.10 Å². The van der Waals surface area contributed by atoms with Crippen molar-refractivity contribution in [3.05, 3.63) is 47.4 Å². The van der Waals surface area contributed by atoms with E-state index in [9.17, 15) is 0 Å². The number of allylic oxidation sites excluding steroid dienone is 2. The summed E-state index contributed by atoms with van der Waals surface area (Å²) >= 11 is 0. The Kier molecular flexibility index (Phi) is 4.35. The highest BCUT2D eigenvalue weighted by Crippen LogP contribution is 2.39. The molecule has 8 nitrogen and oxygen atoms in total. The molecule has 0 amide bonds. The summed E-state index contributed by atoms with van der Waals surface area (Å²) in [4.78, 5) is 0. The number of benzene rings is 1. The number of aryl methyl sites for hydroxylation is 1. The SMILES string of the molecule is COc1ccc2c(c1)-c1nn(C)cc1C/C(=C(/C)c1nnc(C3CCOC3)o1)N2. The summed E-state index contributed by atoms with van der Waals surface area (Å²) in [7, 11) is 3.61. The molecule has 1 aromatic carbocycles. The topological polar surface area (TPSA) is 87.2 Å². The van der Waals surface area contributed by atoms with Crippen molar-refractivity contribution in [2.75, 3.05) is 25.6 Å². The van der Waals surface area contributed by atoms with Crippen LogP contribution in [0.1, 0.15) is 36.6 Å². The van der Waals surface area contributed by atoms with E-state index < -0.39 is 0 Å². The normalized spacial score (nSPS) is 19.9. The number of fused-ring (bicyclic) bond motifs is 3. The fourth-order valence-electron chi connectivity index (χ4n) is 3.88. The molecule has 150 valence electrons. The van der Waals surface area contributed by atoms with Crippen LogP contribution in [-0.2, 0) is 18.2 Å². The average Bonchev–Trinajstić information content (AvgIpc) is 3.46. The summed E-state index contributed by atoms with van der Waals surface area (Å²) in [6.07, 6.45) is 3.66. The van der Waals surface area contributed by atoms with Gasteiger partial charge in [-0.25, -0.2) is 0 Å². The first-order valence-electron chi connectivity index (χ1n) is 9.71. The van der Waals surface area contributed by atoms with Crippen molar-refractivity contribution < 1.29 is 13.9 Å². The van der Waals surface area contributed by atoms with Crippen LogP contribution < -0.4 is 10.1 Å². The number of anilines is 1. The lowest BCUT2D eigenvalue weighted by Gasteiger charge is -2.13. The number of hydrogen-bond acceptors (Lipinski definition) is 7. The summed E-state index contributed by atoms with van der Waals surface area (Å²) in [5.41, 5.74) is 6.01. The summed E-state index contributed by atoms with van der Waals surface area (Å²) in [5.74, 6) is 2.18. The summed E-state index contributed by atoms with van der Waals surface area (Å²) in [6.45, 7) is 3.40. The molecule has 4 heterocycles. The number of aromatic nitrogens is 4. The van der Waals surface area contributed by atoms with E-state index in [1.165, 1.54) is 0 Å². The predicted octanol–water partition coefficient (Wildman–Crippen LogP) is 3.38. The van der Waals surface area contributed by atoms with Gasteiger partial charge in [0.2, 0.25) is 11.8 Å². The Morgan fingerprint density at radius 2 is 2.21 bits per heavy atom. The zero-order valence-electron chi connectivity index (χ0n) is 16.7. The number of hydrogen-bond donors (Lipinski definition) is 1. The van der Waals surface area contributed by atoms with Crippen LogP contribution in [0.3, 0.4) is 0 Å². The molecule has 2 aliphatic heterocycles. The van der Waals surface area contributed by atoms with E-state index in [1.807, 2.05) is 43.0 Å². The molecule has 8 heteroatoms. The van der Waals surface area contributed by atoms with Crippen LogP contribution >= 0.6 is 0 Å². The molecule has 0 aliphatic carbocycles. The Morgan fingerprint density at radius 3 is 3.00 bits per heavy atom. The fourth-order valence-corrected chi connectivity index (χ4v) is 3.88. The minimum Gasteiger partial charge on any atom is -0.497 e. The second-order valence-corrected chi connectivity index (χ2v) is 7.50. The molecule has 1 saturated heterocycles. The molecule has 1 N–H and O–H groups in total. The van der Waals surface area contributed by atoms with E-state index in [1.54, 1.807) is 7.11 Å². The van der Waals surface area contributed by atoms with Gasteiger partial charge in [0.25, 0.3) is 0 Å². The first-order valence-corrected chi connectivity index (χ1v) is 9.71. The predicted molar refractivity (Wildman–Crippen MR) is 108 cm³/mol. The first kappa shape index (κ1) is 17.9. The quantitative estimate of drug-likeness (QED) is 0.730. The van der Waals surface area contributed by atoms with Gasteiger partial charge in [0.1, 0.15) is 5.75 Å². The van der Waals surface area contributed by atoms with Crippen LogP contribution in [0.4, 0.5) is 5.69 Å². The molecule has 1 unspecified atom stereocenters. The van der Waals surface area contributed by atoms with Crippen molar-refractivity contribution in [2.24, 2.45) is 7.05 Å². The Morgan fingerprint density at radius 1 is 1.31 bits per heavy atom. The number of methoxy groups -OCH3 is 1. The van der Waals surface area contributed by atoms with E-state index in [0.717, 1.165) is 52.6 Å². The molecule has 3 aromatic rings. The second kappa shape index (κ2) is 7.04. The van der Waals surface area contributed by atoms with Gasteiger partial charge in [0.05, 0.1) is 25.3 Å². The lowest BCUT2D eigenvalue weighted by Crippen LogP contribution is -2.04. The summed E-state index contributed by atoms with van der Waals surface area (Å²) < 4.78 is 18.7. The molecular weight excluding hydrogens is 370 g/mol. The third-order valence-electron chi connectivity index (χ3n) is 5.53. The highest BCUT2D eigenvalue weighted by atomic mass is 16.5. The molecular formula is C21H23N5O3. The van der Waals surface area contributed by atoms with Crippen LogP contribution in [0.25, 0.3) is 16.8 Å². The standard InChI is InChI=1S/C21H23N5O3/c1-12(20-23-24-21(29-20)13-6-7-28-11-13)18-8-14-10-26(2)25-19(14)16-9-15(27-3)4-5-17(16)22-18/h4-5,9-10,13,22H,6-8,11H2,1-3H3/b18-12+. The van der Waals surface area contributed by atoms with Crippen molar-refractivity contribution in [1.82, 2.24) is 20.0 Å². The van der Waals surface area contributed by atoms with Crippen molar-refractivity contribution in [3.8, 4) is 17.0 Å². The third-order valence-corrected chi connectivity index (χ3v) is 5.53. The second-order valence-electron chi connectivity index (χ2n) is 7.50. The number of rotatable bonds is 3. The van der Waals surface area contributed by atoms with Crippen molar-refractivity contribution >= 4 is 11.3 Å². The largest absolute Gasteiger partial charge is 0.497 e. The maximum absolute atomic E-state index is 6.00. The van der Waals surface area contributed by atoms with Crippen LogP contribution in [0.2, 0.25) is 0 Å². The molecule has 1 atom stereocenters. The Balaban J connectivity index is 1.57. The van der Waals surface area contributed by atoms with Crippen LogP contribution in [-0.4, -0.2) is 40.3 Å². The number of ether oxygens (including phenoxy) is 2. The summed E-state index contributed by atoms with van der Waals surface area (Å²) in [6, 6.07) is 5.97. The molecule has 29 heavy (non-hydrogen) atoms. The van der Waals surface area contributed by atoms with E-state index in [4.69, 9.17) is 13.9 Å². The van der Waals surface area contributed by atoms with E-state index in [2.05, 4.69) is 20.6 Å². The summed E-state index contributed by atoms with van der Waals surface area (Å²) in [5, 5.41) is 16.8. The van der Waals surface area contributed by atoms with Gasteiger partial charge in [-0.1, -0.05) is 0 Å². The fraction of sp³-hybridized carbons (Fsp3) is 0.381. The van der Waals surface area contributed by atoms with Gasteiger partial charge in [-0.3, -0.25) is 4.68 Å². The Bertz CT molecular complexity index is 1090. The highest BCUT2D eigenvalue weighted by molar-refractivity contribution is 5.84. The first-order chi connectivity index (χ1) is 14.1. The molecule has 5 rings (SSSR count). The van der Waals surface area contributed by atoms with Gasteiger partial charge in [0, 0.05) is 54.4 Å². The van der Waals surface area contributed by atoms with Gasteiger partial charge in [0.15, 0.2) is 0 Å². The van der Waals surface area contributed by atoms with E-state index in [-0.39, 0.29) is 5.92 Å². The highest BCUT2D eigenvalue weighted by Gasteiger charge is 2.26. The lowest BCUT2D eigenvalue weighted by molar-refractivity contribution is 0.190. The van der Waals surface area contributed by atoms with Crippen LogP contribution in [0.15, 0.2) is 34.5 Å². The minimum atomic E-state index is 0.189. The van der Waals surface area contributed by atoms with Gasteiger partial charge in [-0.05, 0) is 31.5 Å². The van der Waals surface area contributed by atoms with Gasteiger partial charge >= 0.3 is 0 Å². The molecule has 0 bridgehead atoms. The maximum Gasteiger partial charge on any atom is 0.245 e. The number of nitrogens with zero attached hydrogens (tertiary/aromatic N) is 4. The smallest absolute Gasteiger partial charge is 0.245 e. The zero-order valence-corrected chi connectivity index (χ0v) is 16.7. The molecule has 2 aliphatic rings. The van der Waals surface area contributed by atoms with E-state index in [0.29, 0.717) is 24.8 Å². The van der Waals surface area contributed by atoms with Crippen molar-refractivity contribution in [2.45, 2.75) is 25.7 Å². The monoisotopic (exact) mass is 393 g/mol. The maximum atomic E-state index is 6.00. The minimum absolute atomic E-state index is 0.189. The molecule has 2 aromatic heterocycles. The Hall–Kier alpha value is -3.13. The van der Waals surface area contributed by atoms with Crippen molar-refractivity contribution in [1.29, 1.82) is 0 Å². The molecule has 0 spiro atoms. The number of nitrogens with one attached hydrogen (secondary N) is 1. The van der Waals surface area contributed by atoms with Gasteiger partial charge < -0.3 is 19.2 Å². The van der Waals surface area contributed by atoms with E-state index >= 15 is 0 Å². The third kappa shape index (κ3) is 3.19. The lowest BCUT2D eigenvalue weighted by atomic mass is 10.0. The van der Waals surface area contributed by atoms with Crippen LogP contribution in [0, 0.1) is 0 Å². The molecule has 0 radical (unpaired) electrons. The van der Waals surface area contributed by atoms with Gasteiger partial charge in [-0.15, -0.1) is 10.2 Å². The Labute approximate surface area is 168 Å². The average molecular weight is 393 g/mol. The van der Waals surface area contributed by atoms with Crippen LogP contribution in [0.5, 0.6) is 5.75 Å². The molecule has 1 fully saturated rings. The van der Waals surface area contributed by atoms with Crippen molar-refractivity contribution in [3.63, 3.8) is 0 Å². The molecule has 0 saturated carbocycles. The zero-order chi connectivity index (χ0) is 20.0.